The number of fused-ring (bicyclic) bond motifs is 6. The van der Waals surface area contributed by atoms with Gasteiger partial charge in [-0.05, 0) is 99.0 Å². The van der Waals surface area contributed by atoms with Crippen LogP contribution in [0.25, 0.3) is 86.4 Å². The molecule has 0 aliphatic heterocycles. The molecule has 1 aliphatic carbocycles. The summed E-state index contributed by atoms with van der Waals surface area (Å²) in [5.74, 6) is 5.94. The Labute approximate surface area is 335 Å². The summed E-state index contributed by atoms with van der Waals surface area (Å²) < 4.78 is 4.90. The summed E-state index contributed by atoms with van der Waals surface area (Å²) in [6.07, 6.45) is 12.7. The molecular formula is C56H34N2. The fraction of sp³-hybridized carbons (Fsp3) is 0.0714. The Morgan fingerprint density at radius 1 is 0.362 bits per heavy atom. The lowest BCUT2D eigenvalue weighted by Gasteiger charge is -2.35. The van der Waals surface area contributed by atoms with Crippen LogP contribution < -0.4 is 0 Å². The van der Waals surface area contributed by atoms with Gasteiger partial charge in [0.2, 0.25) is 0 Å². The van der Waals surface area contributed by atoms with Gasteiger partial charge in [-0.25, -0.2) is 0 Å². The number of benzene rings is 10. The quantitative estimate of drug-likeness (QED) is 0.126. The molecular weight excluding hydrogens is 701 g/mol. The van der Waals surface area contributed by atoms with Gasteiger partial charge in [0.1, 0.15) is 0 Å². The van der Waals surface area contributed by atoms with Gasteiger partial charge in [0.05, 0.1) is 24.9 Å². The van der Waals surface area contributed by atoms with Gasteiger partial charge >= 0.3 is 0 Å². The fourth-order valence-corrected chi connectivity index (χ4v) is 11.4. The molecule has 2 aromatic heterocycles. The highest BCUT2D eigenvalue weighted by atomic mass is 15.0. The van der Waals surface area contributed by atoms with Crippen molar-refractivity contribution >= 4 is 86.4 Å². The lowest BCUT2D eigenvalue weighted by molar-refractivity contribution is 0.691. The molecule has 0 saturated carbocycles. The van der Waals surface area contributed by atoms with Crippen molar-refractivity contribution in [3.63, 3.8) is 0 Å². The van der Waals surface area contributed by atoms with E-state index in [0.717, 1.165) is 11.0 Å². The molecule has 0 bridgehead atoms. The van der Waals surface area contributed by atoms with Crippen LogP contribution in [0.15, 0.2) is 158 Å². The van der Waals surface area contributed by atoms with Gasteiger partial charge < -0.3 is 9.13 Å². The van der Waals surface area contributed by atoms with Gasteiger partial charge in [-0.3, -0.25) is 0 Å². The first kappa shape index (κ1) is 31.7. The largest absolute Gasteiger partial charge is 0.332 e. The lowest BCUT2D eigenvalue weighted by atomic mass is 9.70. The van der Waals surface area contributed by atoms with Gasteiger partial charge in [-0.1, -0.05) is 157 Å². The first-order chi connectivity index (χ1) is 28.7. The van der Waals surface area contributed by atoms with Crippen molar-refractivity contribution in [1.82, 2.24) is 9.13 Å². The Morgan fingerprint density at radius 2 is 0.724 bits per heavy atom. The summed E-state index contributed by atoms with van der Waals surface area (Å²) in [6, 6.07) is 59.0. The maximum Gasteiger partial charge on any atom is 0.0838 e. The second-order valence-corrected chi connectivity index (χ2v) is 16.1. The van der Waals surface area contributed by atoms with E-state index in [1.54, 1.807) is 0 Å². The summed E-state index contributed by atoms with van der Waals surface area (Å²) >= 11 is 0. The summed E-state index contributed by atoms with van der Waals surface area (Å²) in [5.41, 5.74) is 10.0. The van der Waals surface area contributed by atoms with E-state index in [1.807, 2.05) is 0 Å². The maximum atomic E-state index is 6.35. The highest BCUT2D eigenvalue weighted by Crippen LogP contribution is 2.57. The average Bonchev–Trinajstić information content (AvgIpc) is 3.77. The molecule has 2 atom stereocenters. The molecule has 0 fully saturated rings. The van der Waals surface area contributed by atoms with Crippen molar-refractivity contribution in [1.29, 1.82) is 0 Å². The molecule has 13 rings (SSSR count). The first-order valence-corrected chi connectivity index (χ1v) is 20.2. The Balaban J connectivity index is 1.24. The number of terminal acetylenes is 2. The SMILES string of the molecule is C#CCn1c2c(c3ccccc31)C(c1ccc3ccc4cccc5ccc1c3c45)c1c(c3ccccc3n1CC#C)C2c1ccc2ccc3cccc4ccc1c2c34. The van der Waals surface area contributed by atoms with Crippen molar-refractivity contribution in [2.45, 2.75) is 24.9 Å². The van der Waals surface area contributed by atoms with Gasteiger partial charge in [0.25, 0.3) is 0 Å². The summed E-state index contributed by atoms with van der Waals surface area (Å²) in [5, 5.41) is 17.8. The highest BCUT2D eigenvalue weighted by Gasteiger charge is 2.43. The Bertz CT molecular complexity index is 3500. The zero-order valence-corrected chi connectivity index (χ0v) is 31.6. The molecule has 2 heterocycles. The van der Waals surface area contributed by atoms with Crippen LogP contribution in [0.2, 0.25) is 0 Å². The second-order valence-electron chi connectivity index (χ2n) is 16.1. The van der Waals surface area contributed by atoms with Gasteiger partial charge in [-0.15, -0.1) is 12.8 Å². The number of aromatic nitrogens is 2. The first-order valence-electron chi connectivity index (χ1n) is 20.2. The number of para-hydroxylation sites is 2. The Kier molecular flexibility index (Phi) is 6.29. The Morgan fingerprint density at radius 3 is 1.14 bits per heavy atom. The van der Waals surface area contributed by atoms with Gasteiger partial charge in [0, 0.05) is 33.2 Å². The summed E-state index contributed by atoms with van der Waals surface area (Å²) in [4.78, 5) is 0. The zero-order valence-electron chi connectivity index (χ0n) is 31.6. The van der Waals surface area contributed by atoms with Crippen LogP contribution in [0, 0.1) is 24.7 Å². The standard InChI is InChI=1S/C56H34N2/c1-3-31-57-45-17-7-5-15-43(45)53-52(42-30-26-38-22-20-34-12-10-14-36-24-28-40(42)50(38)48(34)36)56-54(44-16-6-8-18-46(44)58(56)32-4-2)51(55(53)57)41-29-25-37-21-19-33-11-9-13-35-23-27-39(41)49(37)47(33)35/h1-2,5-30,51-52H,31-32H2. The molecule has 2 nitrogen and oxygen atoms in total. The van der Waals surface area contributed by atoms with Crippen molar-refractivity contribution in [3.05, 3.63) is 191 Å². The summed E-state index contributed by atoms with van der Waals surface area (Å²) in [6.45, 7) is 0.920. The van der Waals surface area contributed by atoms with Crippen LogP contribution in [-0.2, 0) is 13.1 Å². The van der Waals surface area contributed by atoms with Gasteiger partial charge in [-0.2, -0.15) is 0 Å². The van der Waals surface area contributed by atoms with Crippen LogP contribution in [0.4, 0.5) is 0 Å². The van der Waals surface area contributed by atoms with Crippen molar-refractivity contribution in [2.75, 3.05) is 0 Å². The third kappa shape index (κ3) is 3.94. The predicted molar refractivity (Wildman–Crippen MR) is 244 cm³/mol. The van der Waals surface area contributed by atoms with Crippen molar-refractivity contribution in [3.8, 4) is 24.7 Å². The van der Waals surface area contributed by atoms with Crippen molar-refractivity contribution in [2.24, 2.45) is 0 Å². The van der Waals surface area contributed by atoms with E-state index in [9.17, 15) is 0 Å². The molecule has 0 amide bonds. The average molecular weight is 735 g/mol. The summed E-state index contributed by atoms with van der Waals surface area (Å²) in [7, 11) is 0. The van der Waals surface area contributed by atoms with Crippen LogP contribution in [0.3, 0.4) is 0 Å². The Hall–Kier alpha value is -7.52. The molecule has 268 valence electrons. The molecule has 0 saturated heterocycles. The third-order valence-corrected chi connectivity index (χ3v) is 13.5. The number of hydrogen-bond acceptors (Lipinski definition) is 0. The van der Waals surface area contributed by atoms with Crippen molar-refractivity contribution < 1.29 is 0 Å². The fourth-order valence-electron chi connectivity index (χ4n) is 11.4. The second kappa shape index (κ2) is 11.5. The molecule has 0 radical (unpaired) electrons. The molecule has 0 N–H and O–H groups in total. The van der Waals surface area contributed by atoms with E-state index in [4.69, 9.17) is 12.8 Å². The van der Waals surface area contributed by atoms with Gasteiger partial charge in [0.15, 0.2) is 0 Å². The molecule has 58 heavy (non-hydrogen) atoms. The minimum atomic E-state index is -0.129. The molecule has 0 spiro atoms. The van der Waals surface area contributed by atoms with Crippen LogP contribution in [-0.4, -0.2) is 9.13 Å². The third-order valence-electron chi connectivity index (χ3n) is 13.5. The minimum absolute atomic E-state index is 0.129. The van der Waals surface area contributed by atoms with E-state index in [0.29, 0.717) is 13.1 Å². The normalized spacial score (nSPS) is 15.3. The number of nitrogens with zero attached hydrogens (tertiary/aromatic N) is 2. The van der Waals surface area contributed by atoms with E-state index >= 15 is 0 Å². The minimum Gasteiger partial charge on any atom is -0.332 e. The highest BCUT2D eigenvalue weighted by molar-refractivity contribution is 6.25. The van der Waals surface area contributed by atoms with Crippen LogP contribution >= 0.6 is 0 Å². The lowest BCUT2D eigenvalue weighted by Crippen LogP contribution is -2.24. The number of hydrogen-bond donors (Lipinski definition) is 0. The monoisotopic (exact) mass is 734 g/mol. The van der Waals surface area contributed by atoms with Crippen LogP contribution in [0.1, 0.15) is 45.5 Å². The van der Waals surface area contributed by atoms with E-state index in [1.165, 1.54) is 109 Å². The molecule has 1 aliphatic rings. The van der Waals surface area contributed by atoms with E-state index < -0.39 is 0 Å². The van der Waals surface area contributed by atoms with Crippen LogP contribution in [0.5, 0.6) is 0 Å². The molecule has 10 aromatic carbocycles. The maximum absolute atomic E-state index is 6.35. The molecule has 2 heteroatoms. The van der Waals surface area contributed by atoms with E-state index in [-0.39, 0.29) is 11.8 Å². The topological polar surface area (TPSA) is 9.86 Å². The predicted octanol–water partition coefficient (Wildman–Crippen LogP) is 13.3. The molecule has 2 unspecified atom stereocenters. The number of rotatable bonds is 4. The smallest absolute Gasteiger partial charge is 0.0838 e. The van der Waals surface area contributed by atoms with E-state index in [2.05, 4.69) is 179 Å². The zero-order chi connectivity index (χ0) is 38.2. The molecule has 12 aromatic rings.